The van der Waals surface area contributed by atoms with Gasteiger partial charge in [0.2, 0.25) is 0 Å². The van der Waals surface area contributed by atoms with Crippen molar-refractivity contribution < 1.29 is 24.6 Å². The molecule has 0 bridgehead atoms. The van der Waals surface area contributed by atoms with Crippen LogP contribution >= 0.6 is 0 Å². The second-order valence-corrected chi connectivity index (χ2v) is 5.22. The molecule has 0 fully saturated rings. The number of hydrogen-bond donors (Lipinski definition) is 4. The highest BCUT2D eigenvalue weighted by Gasteiger charge is 2.24. The van der Waals surface area contributed by atoms with Crippen molar-refractivity contribution >= 4 is 18.0 Å². The van der Waals surface area contributed by atoms with Gasteiger partial charge in [0.25, 0.3) is 0 Å². The van der Waals surface area contributed by atoms with Crippen molar-refractivity contribution in [2.45, 2.75) is 32.4 Å². The Kier molecular flexibility index (Phi) is 7.60. The van der Waals surface area contributed by atoms with Crippen LogP contribution in [0.1, 0.15) is 20.3 Å². The van der Waals surface area contributed by atoms with Gasteiger partial charge in [0.05, 0.1) is 6.42 Å². The molecule has 0 aliphatic heterocycles. The lowest BCUT2D eigenvalue weighted by molar-refractivity contribution is -0.145. The van der Waals surface area contributed by atoms with Crippen LogP contribution in [0, 0.1) is 5.92 Å². The topological polar surface area (TPSA) is 119 Å². The standard InChI is InChI=1S/C12H23N3O5/c1-7(2)9(6-15(3)4)14-12(20)13-8(11(18)19)5-10(16)17/h7-9H,5-6H2,1-4H3,(H,16,17)(H,18,19)(H2,13,14,20)/t8-,9?/m1/s1. The van der Waals surface area contributed by atoms with Crippen molar-refractivity contribution in [3.05, 3.63) is 0 Å². The molecule has 0 radical (unpaired) electrons. The number of carboxylic acid groups (broad SMARTS) is 2. The molecule has 0 aromatic rings. The van der Waals surface area contributed by atoms with E-state index < -0.39 is 30.4 Å². The van der Waals surface area contributed by atoms with Crippen molar-refractivity contribution in [2.75, 3.05) is 20.6 Å². The molecule has 0 saturated carbocycles. The second-order valence-electron chi connectivity index (χ2n) is 5.22. The van der Waals surface area contributed by atoms with Crippen LogP contribution in [-0.4, -0.2) is 65.8 Å². The molecule has 4 N–H and O–H groups in total. The van der Waals surface area contributed by atoms with Crippen LogP contribution in [0.3, 0.4) is 0 Å². The Bertz CT molecular complexity index is 357. The zero-order valence-electron chi connectivity index (χ0n) is 12.2. The normalized spacial score (nSPS) is 13.9. The Labute approximate surface area is 118 Å². The minimum absolute atomic E-state index is 0.158. The molecule has 8 heteroatoms. The summed E-state index contributed by atoms with van der Waals surface area (Å²) in [6.45, 7) is 4.46. The number of carbonyl (C=O) groups is 3. The van der Waals surface area contributed by atoms with E-state index in [0.717, 1.165) is 0 Å². The van der Waals surface area contributed by atoms with Gasteiger partial charge in [-0.2, -0.15) is 0 Å². The molecule has 8 nitrogen and oxygen atoms in total. The molecule has 0 heterocycles. The Balaban J connectivity index is 4.56. The molecule has 0 saturated heterocycles. The minimum Gasteiger partial charge on any atom is -0.481 e. The summed E-state index contributed by atoms with van der Waals surface area (Å²) in [5.74, 6) is -2.51. The van der Waals surface area contributed by atoms with Crippen molar-refractivity contribution in [2.24, 2.45) is 5.92 Å². The number of hydrogen-bond acceptors (Lipinski definition) is 4. The van der Waals surface area contributed by atoms with E-state index in [1.54, 1.807) is 0 Å². The summed E-state index contributed by atoms with van der Waals surface area (Å²) in [5.41, 5.74) is 0. The van der Waals surface area contributed by atoms with Crippen LogP contribution in [0.25, 0.3) is 0 Å². The van der Waals surface area contributed by atoms with E-state index in [9.17, 15) is 14.4 Å². The summed E-state index contributed by atoms with van der Waals surface area (Å²) < 4.78 is 0. The summed E-state index contributed by atoms with van der Waals surface area (Å²) in [7, 11) is 3.72. The predicted octanol–water partition coefficient (Wildman–Crippen LogP) is -0.200. The van der Waals surface area contributed by atoms with E-state index >= 15 is 0 Å². The SMILES string of the molecule is CC(C)C(CN(C)C)NC(=O)N[C@H](CC(=O)O)C(=O)O. The number of carboxylic acids is 2. The van der Waals surface area contributed by atoms with Crippen LogP contribution in [0.4, 0.5) is 4.79 Å². The van der Waals surface area contributed by atoms with Gasteiger partial charge in [0, 0.05) is 12.6 Å². The third-order valence-corrected chi connectivity index (χ3v) is 2.67. The molecule has 0 aromatic carbocycles. The highest BCUT2D eigenvalue weighted by atomic mass is 16.4. The molecular formula is C12H23N3O5. The summed E-state index contributed by atoms with van der Waals surface area (Å²) in [4.78, 5) is 35.0. The third-order valence-electron chi connectivity index (χ3n) is 2.67. The summed E-state index contributed by atoms with van der Waals surface area (Å²) >= 11 is 0. The van der Waals surface area contributed by atoms with Gasteiger partial charge < -0.3 is 25.7 Å². The lowest BCUT2D eigenvalue weighted by Crippen LogP contribution is -2.53. The number of rotatable bonds is 8. The van der Waals surface area contributed by atoms with Crippen molar-refractivity contribution in [1.29, 1.82) is 0 Å². The minimum atomic E-state index is -1.44. The molecule has 20 heavy (non-hydrogen) atoms. The van der Waals surface area contributed by atoms with E-state index in [1.807, 2.05) is 32.8 Å². The average Bonchev–Trinajstić information content (AvgIpc) is 2.25. The number of aliphatic carboxylic acids is 2. The molecule has 0 aliphatic carbocycles. The highest BCUT2D eigenvalue weighted by molar-refractivity contribution is 5.86. The summed E-state index contributed by atoms with van der Waals surface area (Å²) in [6, 6.07) is -2.29. The van der Waals surface area contributed by atoms with Crippen molar-refractivity contribution in [1.82, 2.24) is 15.5 Å². The smallest absolute Gasteiger partial charge is 0.326 e. The maximum atomic E-state index is 11.7. The second kappa shape index (κ2) is 8.36. The molecule has 0 aromatic heterocycles. The monoisotopic (exact) mass is 289 g/mol. The molecule has 0 rings (SSSR count). The first-order valence-electron chi connectivity index (χ1n) is 6.29. The quantitative estimate of drug-likeness (QED) is 0.491. The Morgan fingerprint density at radius 3 is 2.00 bits per heavy atom. The first-order valence-corrected chi connectivity index (χ1v) is 6.29. The number of nitrogens with one attached hydrogen (secondary N) is 2. The van der Waals surface area contributed by atoms with Gasteiger partial charge in [-0.15, -0.1) is 0 Å². The van der Waals surface area contributed by atoms with Gasteiger partial charge in [0.15, 0.2) is 0 Å². The Morgan fingerprint density at radius 2 is 1.65 bits per heavy atom. The third kappa shape index (κ3) is 7.57. The molecule has 1 unspecified atom stereocenters. The van der Waals surface area contributed by atoms with E-state index in [-0.39, 0.29) is 12.0 Å². The van der Waals surface area contributed by atoms with Crippen LogP contribution in [0.2, 0.25) is 0 Å². The number of urea groups is 1. The van der Waals surface area contributed by atoms with Gasteiger partial charge >= 0.3 is 18.0 Å². The number of nitrogens with zero attached hydrogens (tertiary/aromatic N) is 1. The van der Waals surface area contributed by atoms with Gasteiger partial charge in [-0.1, -0.05) is 13.8 Å². The largest absolute Gasteiger partial charge is 0.481 e. The lowest BCUT2D eigenvalue weighted by Gasteiger charge is -2.26. The first-order chi connectivity index (χ1) is 9.13. The Hall–Kier alpha value is -1.83. The average molecular weight is 289 g/mol. The van der Waals surface area contributed by atoms with Gasteiger partial charge in [-0.25, -0.2) is 9.59 Å². The van der Waals surface area contributed by atoms with Crippen LogP contribution in [-0.2, 0) is 9.59 Å². The fourth-order valence-corrected chi connectivity index (χ4v) is 1.56. The van der Waals surface area contributed by atoms with E-state index in [2.05, 4.69) is 10.6 Å². The molecule has 116 valence electrons. The van der Waals surface area contributed by atoms with Gasteiger partial charge in [0.1, 0.15) is 6.04 Å². The summed E-state index contributed by atoms with van der Waals surface area (Å²) in [6.07, 6.45) is -0.664. The number of carbonyl (C=O) groups excluding carboxylic acids is 1. The molecular weight excluding hydrogens is 266 g/mol. The molecule has 2 amide bonds. The summed E-state index contributed by atoms with van der Waals surface area (Å²) in [5, 5.41) is 22.3. The van der Waals surface area contributed by atoms with Crippen LogP contribution in [0.15, 0.2) is 0 Å². The zero-order valence-corrected chi connectivity index (χ0v) is 12.2. The van der Waals surface area contributed by atoms with E-state index in [1.165, 1.54) is 0 Å². The highest BCUT2D eigenvalue weighted by Crippen LogP contribution is 2.03. The first kappa shape index (κ1) is 18.2. The van der Waals surface area contributed by atoms with Crippen LogP contribution in [0.5, 0.6) is 0 Å². The van der Waals surface area contributed by atoms with Crippen molar-refractivity contribution in [3.63, 3.8) is 0 Å². The predicted molar refractivity (Wildman–Crippen MR) is 72.5 cm³/mol. The lowest BCUT2D eigenvalue weighted by atomic mass is 10.0. The maximum Gasteiger partial charge on any atom is 0.326 e. The zero-order chi connectivity index (χ0) is 15.9. The fraction of sp³-hybridized carbons (Fsp3) is 0.750. The van der Waals surface area contributed by atoms with Gasteiger partial charge in [-0.3, -0.25) is 4.79 Å². The maximum absolute atomic E-state index is 11.7. The number of amides is 2. The van der Waals surface area contributed by atoms with E-state index in [4.69, 9.17) is 10.2 Å². The number of likely N-dealkylation sites (N-methyl/N-ethyl adjacent to an activating group) is 1. The molecule has 0 aliphatic rings. The van der Waals surface area contributed by atoms with Crippen molar-refractivity contribution in [3.8, 4) is 0 Å². The fourth-order valence-electron chi connectivity index (χ4n) is 1.56. The molecule has 2 atom stereocenters. The van der Waals surface area contributed by atoms with Crippen LogP contribution < -0.4 is 10.6 Å². The Morgan fingerprint density at radius 1 is 1.10 bits per heavy atom. The van der Waals surface area contributed by atoms with Gasteiger partial charge in [-0.05, 0) is 20.0 Å². The molecule has 0 spiro atoms. The van der Waals surface area contributed by atoms with E-state index in [0.29, 0.717) is 6.54 Å².